The molecule has 0 amide bonds. The molecule has 1 aliphatic rings. The average Bonchev–Trinajstić information content (AvgIpc) is 3.17. The summed E-state index contributed by atoms with van der Waals surface area (Å²) in [5, 5.41) is 3.01. The Morgan fingerprint density at radius 2 is 1.95 bits per heavy atom. The summed E-state index contributed by atoms with van der Waals surface area (Å²) in [6, 6.07) is 10.9. The van der Waals surface area contributed by atoms with E-state index >= 15 is 0 Å². The van der Waals surface area contributed by atoms with E-state index in [1.54, 1.807) is 6.07 Å². The number of alkyl halides is 2. The molecule has 19 heavy (non-hydrogen) atoms. The number of anilines is 2. The molecular formula is C14H13F2N3. The van der Waals surface area contributed by atoms with Crippen LogP contribution in [0.3, 0.4) is 0 Å². The van der Waals surface area contributed by atoms with E-state index in [1.807, 2.05) is 30.3 Å². The van der Waals surface area contributed by atoms with E-state index in [2.05, 4.69) is 15.3 Å². The highest BCUT2D eigenvalue weighted by Gasteiger charge is 2.40. The van der Waals surface area contributed by atoms with Gasteiger partial charge >= 0.3 is 0 Å². The lowest BCUT2D eigenvalue weighted by Gasteiger charge is -2.08. The topological polar surface area (TPSA) is 37.8 Å². The van der Waals surface area contributed by atoms with Crippen LogP contribution in [0, 0.1) is 0 Å². The van der Waals surface area contributed by atoms with Gasteiger partial charge in [-0.15, -0.1) is 0 Å². The lowest BCUT2D eigenvalue weighted by Crippen LogP contribution is -2.03. The molecule has 1 N–H and O–H groups in total. The minimum atomic E-state index is -0.855. The number of hydrogen-bond acceptors (Lipinski definition) is 3. The first-order valence-electron chi connectivity index (χ1n) is 6.16. The number of hydrogen-bond donors (Lipinski definition) is 1. The summed E-state index contributed by atoms with van der Waals surface area (Å²) in [6.07, 6.45) is -0.389. The molecule has 98 valence electrons. The Labute approximate surface area is 109 Å². The molecule has 0 saturated heterocycles. The van der Waals surface area contributed by atoms with Crippen LogP contribution in [0.1, 0.15) is 23.7 Å². The molecule has 1 aromatic carbocycles. The Morgan fingerprint density at radius 1 is 1.21 bits per heavy atom. The van der Waals surface area contributed by atoms with E-state index < -0.39 is 12.8 Å². The molecule has 3 nitrogen and oxygen atoms in total. The van der Waals surface area contributed by atoms with Gasteiger partial charge in [-0.05, 0) is 24.6 Å². The zero-order chi connectivity index (χ0) is 13.2. The minimum absolute atomic E-state index is 0.204. The molecule has 2 unspecified atom stereocenters. The third kappa shape index (κ3) is 2.70. The van der Waals surface area contributed by atoms with Gasteiger partial charge in [0.05, 0.1) is 11.4 Å². The maximum Gasteiger partial charge on any atom is 0.227 e. The average molecular weight is 261 g/mol. The number of benzene rings is 1. The maximum absolute atomic E-state index is 13.1. The van der Waals surface area contributed by atoms with E-state index in [0.29, 0.717) is 18.1 Å². The minimum Gasteiger partial charge on any atom is -0.324 e. The van der Waals surface area contributed by atoms with Gasteiger partial charge in [-0.1, -0.05) is 18.2 Å². The number of rotatable bonds is 4. The molecule has 1 aromatic heterocycles. The summed E-state index contributed by atoms with van der Waals surface area (Å²) in [6.45, 7) is -0.678. The van der Waals surface area contributed by atoms with Gasteiger partial charge in [-0.2, -0.15) is 0 Å². The van der Waals surface area contributed by atoms with Gasteiger partial charge < -0.3 is 5.32 Å². The fourth-order valence-corrected chi connectivity index (χ4v) is 1.95. The van der Waals surface area contributed by atoms with Gasteiger partial charge in [-0.25, -0.2) is 18.7 Å². The first-order chi connectivity index (χ1) is 9.26. The van der Waals surface area contributed by atoms with Crippen molar-refractivity contribution in [3.05, 3.63) is 47.8 Å². The van der Waals surface area contributed by atoms with E-state index in [-0.39, 0.29) is 11.6 Å². The van der Waals surface area contributed by atoms with Crippen molar-refractivity contribution >= 4 is 11.6 Å². The van der Waals surface area contributed by atoms with Crippen molar-refractivity contribution in [3.63, 3.8) is 0 Å². The molecule has 5 heteroatoms. The van der Waals surface area contributed by atoms with E-state index in [1.165, 1.54) is 0 Å². The number of aromatic nitrogens is 2. The highest BCUT2D eigenvalue weighted by molar-refractivity contribution is 5.53. The Kier molecular flexibility index (Phi) is 3.11. The van der Waals surface area contributed by atoms with Crippen LogP contribution in [0.4, 0.5) is 20.4 Å². The number of para-hydroxylation sites is 1. The highest BCUT2D eigenvalue weighted by Crippen LogP contribution is 2.43. The van der Waals surface area contributed by atoms with Gasteiger partial charge in [0.2, 0.25) is 5.95 Å². The van der Waals surface area contributed by atoms with Crippen LogP contribution in [-0.2, 0) is 6.67 Å². The summed E-state index contributed by atoms with van der Waals surface area (Å²) in [4.78, 5) is 8.32. The number of halogens is 2. The SMILES string of the molecule is FCc1cc(C2CC2F)nc(Nc2ccccc2)n1. The Balaban J connectivity index is 1.88. The van der Waals surface area contributed by atoms with Crippen molar-refractivity contribution in [1.29, 1.82) is 0 Å². The van der Waals surface area contributed by atoms with Gasteiger partial charge in [0.25, 0.3) is 0 Å². The molecular weight excluding hydrogens is 248 g/mol. The highest BCUT2D eigenvalue weighted by atomic mass is 19.1. The second kappa shape index (κ2) is 4.91. The summed E-state index contributed by atoms with van der Waals surface area (Å²) >= 11 is 0. The van der Waals surface area contributed by atoms with Crippen LogP contribution in [0.5, 0.6) is 0 Å². The normalized spacial score (nSPS) is 21.2. The molecule has 3 rings (SSSR count). The van der Waals surface area contributed by atoms with Crippen molar-refractivity contribution in [2.45, 2.75) is 25.2 Å². The Bertz CT molecular complexity index is 574. The van der Waals surface area contributed by atoms with Crippen molar-refractivity contribution in [2.24, 2.45) is 0 Å². The lowest BCUT2D eigenvalue weighted by molar-refractivity contribution is 0.463. The lowest BCUT2D eigenvalue weighted by atomic mass is 10.2. The fourth-order valence-electron chi connectivity index (χ4n) is 1.95. The Hall–Kier alpha value is -2.04. The molecule has 1 fully saturated rings. The van der Waals surface area contributed by atoms with E-state index in [9.17, 15) is 8.78 Å². The van der Waals surface area contributed by atoms with Crippen LogP contribution in [0.15, 0.2) is 36.4 Å². The second-order valence-electron chi connectivity index (χ2n) is 4.59. The zero-order valence-corrected chi connectivity index (χ0v) is 10.2. The van der Waals surface area contributed by atoms with Crippen molar-refractivity contribution < 1.29 is 8.78 Å². The van der Waals surface area contributed by atoms with Gasteiger partial charge in [0.15, 0.2) is 0 Å². The molecule has 0 radical (unpaired) electrons. The standard InChI is InChI=1S/C14H13F2N3/c15-8-10-6-13(11-7-12(11)16)19-14(18-10)17-9-4-2-1-3-5-9/h1-6,11-12H,7-8H2,(H,17,18,19). The van der Waals surface area contributed by atoms with Gasteiger partial charge in [0.1, 0.15) is 12.8 Å². The van der Waals surface area contributed by atoms with Gasteiger partial charge in [-0.3, -0.25) is 0 Å². The smallest absolute Gasteiger partial charge is 0.227 e. The molecule has 1 aliphatic carbocycles. The molecule has 1 heterocycles. The van der Waals surface area contributed by atoms with E-state index in [0.717, 1.165) is 5.69 Å². The zero-order valence-electron chi connectivity index (χ0n) is 10.2. The molecule has 2 atom stereocenters. The predicted octanol–water partition coefficient (Wildman–Crippen LogP) is 3.52. The summed E-state index contributed by atoms with van der Waals surface area (Å²) in [5.74, 6) is 0.111. The molecule has 2 aromatic rings. The van der Waals surface area contributed by atoms with Crippen LogP contribution >= 0.6 is 0 Å². The van der Waals surface area contributed by atoms with Crippen molar-refractivity contribution in [3.8, 4) is 0 Å². The fraction of sp³-hybridized carbons (Fsp3) is 0.286. The first kappa shape index (κ1) is 12.0. The third-order valence-electron chi connectivity index (χ3n) is 3.06. The monoisotopic (exact) mass is 261 g/mol. The number of nitrogens with zero attached hydrogens (tertiary/aromatic N) is 2. The quantitative estimate of drug-likeness (QED) is 0.915. The maximum atomic E-state index is 13.1. The van der Waals surface area contributed by atoms with Crippen molar-refractivity contribution in [2.75, 3.05) is 5.32 Å². The van der Waals surface area contributed by atoms with Gasteiger partial charge in [0, 0.05) is 11.6 Å². The molecule has 0 aliphatic heterocycles. The van der Waals surface area contributed by atoms with Crippen LogP contribution < -0.4 is 5.32 Å². The predicted molar refractivity (Wildman–Crippen MR) is 68.8 cm³/mol. The molecule has 1 saturated carbocycles. The molecule has 0 bridgehead atoms. The Morgan fingerprint density at radius 3 is 2.58 bits per heavy atom. The summed E-state index contributed by atoms with van der Waals surface area (Å²) < 4.78 is 25.9. The van der Waals surface area contributed by atoms with Crippen LogP contribution in [-0.4, -0.2) is 16.1 Å². The molecule has 0 spiro atoms. The largest absolute Gasteiger partial charge is 0.324 e. The van der Waals surface area contributed by atoms with E-state index in [4.69, 9.17) is 0 Å². The summed E-state index contributed by atoms with van der Waals surface area (Å²) in [5.41, 5.74) is 1.67. The van der Waals surface area contributed by atoms with Crippen molar-refractivity contribution in [1.82, 2.24) is 9.97 Å². The van der Waals surface area contributed by atoms with Crippen LogP contribution in [0.25, 0.3) is 0 Å². The third-order valence-corrected chi connectivity index (χ3v) is 3.06. The second-order valence-corrected chi connectivity index (χ2v) is 4.59. The first-order valence-corrected chi connectivity index (χ1v) is 6.16. The summed E-state index contributed by atoms with van der Waals surface area (Å²) in [7, 11) is 0. The van der Waals surface area contributed by atoms with Crippen LogP contribution in [0.2, 0.25) is 0 Å². The number of nitrogens with one attached hydrogen (secondary N) is 1.